The van der Waals surface area contributed by atoms with Crippen molar-refractivity contribution in [3.05, 3.63) is 34.2 Å². The van der Waals surface area contributed by atoms with Gasteiger partial charge in [0.1, 0.15) is 17.1 Å². The first kappa shape index (κ1) is 37.1. The molecule has 18 heteroatoms. The van der Waals surface area contributed by atoms with Crippen molar-refractivity contribution in [2.24, 2.45) is 7.05 Å². The Bertz CT molecular complexity index is 1770. The molecule has 1 saturated heterocycles. The lowest BCUT2D eigenvalue weighted by Gasteiger charge is -2.21. The minimum Gasteiger partial charge on any atom is -0.493 e. The van der Waals surface area contributed by atoms with Crippen LogP contribution in [-0.4, -0.2) is 121 Å². The highest BCUT2D eigenvalue weighted by Crippen LogP contribution is 2.32. The highest BCUT2D eigenvalue weighted by Gasteiger charge is 2.40. The third-order valence-corrected chi connectivity index (χ3v) is 9.25. The molecule has 17 nitrogen and oxygen atoms in total. The number of carbonyl (C=O) groups is 3. The second-order valence-electron chi connectivity index (χ2n) is 11.1. The summed E-state index contributed by atoms with van der Waals surface area (Å²) in [4.78, 5) is 53.2. The molecule has 258 valence electrons. The number of likely N-dealkylation sites (N-methyl/N-ethyl adjacent to an activating group) is 1. The van der Waals surface area contributed by atoms with Gasteiger partial charge in [-0.25, -0.2) is 18.2 Å². The van der Waals surface area contributed by atoms with Gasteiger partial charge in [-0.2, -0.15) is 9.40 Å². The number of ether oxygens (including phenoxy) is 1. The third-order valence-electron chi connectivity index (χ3n) is 7.36. The molecular weight excluding hydrogens is 640 g/mol. The number of sulfonamides is 1. The van der Waals surface area contributed by atoms with Crippen LogP contribution in [-0.2, 0) is 37.9 Å². The summed E-state index contributed by atoms with van der Waals surface area (Å²) < 4.78 is 35.8. The lowest BCUT2D eigenvalue weighted by Crippen LogP contribution is -2.42. The van der Waals surface area contributed by atoms with E-state index in [4.69, 9.17) is 30.1 Å². The quantitative estimate of drug-likeness (QED) is 0.177. The number of rotatable bonds is 12. The molecule has 1 aliphatic rings. The van der Waals surface area contributed by atoms with Crippen LogP contribution in [0.3, 0.4) is 0 Å². The lowest BCUT2D eigenvalue weighted by molar-refractivity contribution is -0.170. The molecule has 0 spiro atoms. The Morgan fingerprint density at radius 3 is 2.26 bits per heavy atom. The summed E-state index contributed by atoms with van der Waals surface area (Å²) in [6, 6.07) is 4.74. The van der Waals surface area contributed by atoms with Crippen LogP contribution in [0.15, 0.2) is 27.9 Å². The highest BCUT2D eigenvalue weighted by molar-refractivity contribution is 7.89. The Labute approximate surface area is 270 Å². The van der Waals surface area contributed by atoms with Crippen LogP contribution in [0.2, 0.25) is 0 Å². The van der Waals surface area contributed by atoms with Crippen LogP contribution in [0.5, 0.6) is 5.75 Å². The minimum atomic E-state index is -3.72. The molecule has 47 heavy (non-hydrogen) atoms. The maximum Gasteiger partial charge on any atom is 0.336 e. The van der Waals surface area contributed by atoms with Crippen molar-refractivity contribution in [1.29, 1.82) is 0 Å². The average Bonchev–Trinajstić information content (AvgIpc) is 3.13. The fourth-order valence-electron chi connectivity index (χ4n) is 5.04. The van der Waals surface area contributed by atoms with Crippen molar-refractivity contribution in [1.82, 2.24) is 29.0 Å². The molecule has 2 aromatic heterocycles. The number of nitrogens with zero attached hydrogens (tertiary/aromatic N) is 5. The second kappa shape index (κ2) is 15.5. The van der Waals surface area contributed by atoms with Crippen molar-refractivity contribution < 1.29 is 48.0 Å². The Morgan fingerprint density at radius 2 is 1.68 bits per heavy atom. The number of H-pyrrole nitrogens is 1. The molecule has 0 atom stereocenters. The first-order valence-corrected chi connectivity index (χ1v) is 16.3. The summed E-state index contributed by atoms with van der Waals surface area (Å²) in [6.07, 6.45) is 0.0257. The predicted molar refractivity (Wildman–Crippen MR) is 168 cm³/mol. The fourth-order valence-corrected chi connectivity index (χ4v) is 6.54. The SMILES string of the molecule is CCCc1nn(C)c2c(=O)[nH]c(-c3cc(S(=O)(=O)N4CCCN(C)CC4)ccc3OCC)nc12.O=C(O)CC(O)(CC(=O)O)C(=O)O. The van der Waals surface area contributed by atoms with E-state index < -0.39 is 46.4 Å². The van der Waals surface area contributed by atoms with Gasteiger partial charge in [0.25, 0.3) is 5.56 Å². The van der Waals surface area contributed by atoms with Gasteiger partial charge < -0.3 is 35.0 Å². The molecule has 0 bridgehead atoms. The smallest absolute Gasteiger partial charge is 0.336 e. The molecule has 1 fully saturated rings. The largest absolute Gasteiger partial charge is 0.493 e. The van der Waals surface area contributed by atoms with Crippen molar-refractivity contribution in [2.75, 3.05) is 39.8 Å². The van der Waals surface area contributed by atoms with Gasteiger partial charge in [0.2, 0.25) is 10.0 Å². The number of aromatic amines is 1. The van der Waals surface area contributed by atoms with Gasteiger partial charge in [-0.15, -0.1) is 0 Å². The van der Waals surface area contributed by atoms with Crippen LogP contribution >= 0.6 is 0 Å². The summed E-state index contributed by atoms with van der Waals surface area (Å²) in [5.74, 6) is -4.30. The van der Waals surface area contributed by atoms with Gasteiger partial charge >= 0.3 is 17.9 Å². The van der Waals surface area contributed by atoms with E-state index in [9.17, 15) is 27.6 Å². The van der Waals surface area contributed by atoms with E-state index in [-0.39, 0.29) is 16.3 Å². The van der Waals surface area contributed by atoms with E-state index in [1.54, 1.807) is 25.2 Å². The van der Waals surface area contributed by atoms with Crippen LogP contribution in [0, 0.1) is 0 Å². The normalized spacial score (nSPS) is 14.7. The molecule has 0 radical (unpaired) electrons. The zero-order valence-electron chi connectivity index (χ0n) is 26.6. The van der Waals surface area contributed by atoms with Crippen LogP contribution in [0.25, 0.3) is 22.4 Å². The second-order valence-corrected chi connectivity index (χ2v) is 13.0. The van der Waals surface area contributed by atoms with Gasteiger partial charge in [-0.1, -0.05) is 13.3 Å². The highest BCUT2D eigenvalue weighted by atomic mass is 32.2. The van der Waals surface area contributed by atoms with Gasteiger partial charge in [0.15, 0.2) is 11.1 Å². The lowest BCUT2D eigenvalue weighted by atomic mass is 9.96. The number of hydrogen-bond acceptors (Lipinski definition) is 11. The molecule has 0 saturated carbocycles. The number of carboxylic acid groups (broad SMARTS) is 3. The first-order valence-electron chi connectivity index (χ1n) is 14.8. The van der Waals surface area contributed by atoms with Crippen molar-refractivity contribution >= 4 is 39.0 Å². The van der Waals surface area contributed by atoms with E-state index in [0.717, 1.165) is 25.1 Å². The predicted octanol–water partition coefficient (Wildman–Crippen LogP) is 0.753. The summed E-state index contributed by atoms with van der Waals surface area (Å²) in [7, 11) is -0.00910. The van der Waals surface area contributed by atoms with E-state index in [1.165, 1.54) is 8.99 Å². The number of hydrogen-bond donors (Lipinski definition) is 5. The average molecular weight is 681 g/mol. The molecule has 0 aliphatic carbocycles. The number of aliphatic carboxylic acids is 3. The standard InChI is InChI=1S/C23H32N6O4S.C6H8O7/c1-5-8-18-20-21(28(4)26-18)23(30)25-22(24-20)17-15-16(9-10-19(17)33-6-2)34(31,32)29-12-7-11-27(3)13-14-29;7-3(8)1-6(13,5(11)12)2-4(9)10/h9-10,15H,5-8,11-14H2,1-4H3,(H,24,25,30);13H,1-2H2,(H,7,8)(H,9,10)(H,11,12). The molecule has 0 unspecified atom stereocenters. The zero-order valence-corrected chi connectivity index (χ0v) is 27.4. The van der Waals surface area contributed by atoms with Crippen molar-refractivity contribution in [3.63, 3.8) is 0 Å². The molecule has 1 aliphatic heterocycles. The number of aryl methyl sites for hydroxylation is 2. The van der Waals surface area contributed by atoms with Gasteiger partial charge in [0.05, 0.1) is 35.6 Å². The van der Waals surface area contributed by atoms with Crippen LogP contribution in [0.4, 0.5) is 0 Å². The Morgan fingerprint density at radius 1 is 1.02 bits per heavy atom. The third kappa shape index (κ3) is 8.91. The van der Waals surface area contributed by atoms with Gasteiger partial charge in [-0.3, -0.25) is 19.1 Å². The van der Waals surface area contributed by atoms with Gasteiger partial charge in [0, 0.05) is 26.7 Å². The number of carboxylic acids is 3. The number of aromatic nitrogens is 4. The van der Waals surface area contributed by atoms with E-state index in [0.29, 0.717) is 55.0 Å². The Balaban J connectivity index is 0.000000392. The topological polar surface area (TPSA) is 246 Å². The molecular formula is C29H40N6O11S. The van der Waals surface area contributed by atoms with E-state index in [2.05, 4.69) is 15.0 Å². The molecule has 3 aromatic rings. The maximum absolute atomic E-state index is 13.5. The number of fused-ring (bicyclic) bond motifs is 1. The van der Waals surface area contributed by atoms with Crippen molar-refractivity contribution in [3.8, 4) is 17.1 Å². The zero-order chi connectivity index (χ0) is 35.1. The van der Waals surface area contributed by atoms with E-state index in [1.807, 2.05) is 20.9 Å². The molecule has 0 amide bonds. The monoisotopic (exact) mass is 680 g/mol. The minimum absolute atomic E-state index is 0.151. The maximum atomic E-state index is 13.5. The Kier molecular flexibility index (Phi) is 12.2. The fraction of sp³-hybridized carbons (Fsp3) is 0.517. The summed E-state index contributed by atoms with van der Waals surface area (Å²) in [6.45, 7) is 6.70. The van der Waals surface area contributed by atoms with Crippen LogP contribution in [0.1, 0.15) is 45.2 Å². The molecule has 5 N–H and O–H groups in total. The number of nitrogens with one attached hydrogen (secondary N) is 1. The molecule has 3 heterocycles. The van der Waals surface area contributed by atoms with E-state index >= 15 is 0 Å². The summed E-state index contributed by atoms with van der Waals surface area (Å²) in [5.41, 5.74) is -0.985. The first-order chi connectivity index (χ1) is 22.0. The Hall–Kier alpha value is -4.39. The van der Waals surface area contributed by atoms with Crippen molar-refractivity contribution in [2.45, 2.75) is 56.4 Å². The van der Waals surface area contributed by atoms with Crippen LogP contribution < -0.4 is 10.3 Å². The summed E-state index contributed by atoms with van der Waals surface area (Å²) in [5, 5.41) is 38.3. The van der Waals surface area contributed by atoms with Gasteiger partial charge in [-0.05, 0) is 51.6 Å². The summed E-state index contributed by atoms with van der Waals surface area (Å²) >= 11 is 0. The number of aliphatic hydroxyl groups is 1. The number of benzene rings is 1. The molecule has 4 rings (SSSR count). The molecule has 1 aromatic carbocycles.